The molecule has 0 aliphatic rings. The summed E-state index contributed by atoms with van der Waals surface area (Å²) in [4.78, 5) is 12.2. The van der Waals surface area contributed by atoms with Gasteiger partial charge in [0.25, 0.3) is 0 Å². The molecule has 0 aliphatic heterocycles. The number of carbonyl (C=O) groups excluding carboxylic acids is 1. The van der Waals surface area contributed by atoms with Crippen molar-refractivity contribution in [1.29, 1.82) is 0 Å². The zero-order valence-electron chi connectivity index (χ0n) is 11.3. The fourth-order valence-electron chi connectivity index (χ4n) is 1.78. The van der Waals surface area contributed by atoms with Crippen molar-refractivity contribution in [3.05, 3.63) is 54.1 Å². The Morgan fingerprint density at radius 1 is 1.10 bits per heavy atom. The van der Waals surface area contributed by atoms with Crippen LogP contribution < -0.4 is 14.5 Å². The van der Waals surface area contributed by atoms with Crippen molar-refractivity contribution in [3.63, 3.8) is 0 Å². The van der Waals surface area contributed by atoms with Crippen LogP contribution in [0.5, 0.6) is 5.75 Å². The molecule has 104 valence electrons. The number of carbonyl (C=O) groups is 1. The van der Waals surface area contributed by atoms with E-state index in [-0.39, 0.29) is 5.91 Å². The molecular weight excluding hydrogens is 321 g/mol. The summed E-state index contributed by atoms with van der Waals surface area (Å²) in [6, 6.07) is 14.0. The van der Waals surface area contributed by atoms with Crippen molar-refractivity contribution in [3.8, 4) is 5.75 Å². The van der Waals surface area contributed by atoms with E-state index in [2.05, 4.69) is 5.32 Å². The van der Waals surface area contributed by atoms with Gasteiger partial charge in [-0.25, -0.2) is 0 Å². The Bertz CT molecular complexity index is 638. The summed E-state index contributed by atoms with van der Waals surface area (Å²) in [5.74, 6) is 2.12. The molecule has 0 saturated carbocycles. The van der Waals surface area contributed by atoms with Gasteiger partial charge in [-0.1, -0.05) is 0 Å². The summed E-state index contributed by atoms with van der Waals surface area (Å²) in [7, 11) is 1.59. The zero-order chi connectivity index (χ0) is 14.5. The van der Waals surface area contributed by atoms with E-state index in [4.69, 9.17) is 4.74 Å². The SMILES string of the molecule is COc1ccc(NC(=O)c2ccccc2[Se](C)=O)cc1. The summed E-state index contributed by atoms with van der Waals surface area (Å²) < 4.78 is 17.4. The molecule has 0 radical (unpaired) electrons. The molecule has 0 heterocycles. The van der Waals surface area contributed by atoms with Gasteiger partial charge in [-0.15, -0.1) is 0 Å². The van der Waals surface area contributed by atoms with Gasteiger partial charge in [0.15, 0.2) is 0 Å². The summed E-state index contributed by atoms with van der Waals surface area (Å²) in [5, 5.41) is 2.79. The molecular formula is C15H15NO3Se. The molecule has 2 aromatic rings. The summed E-state index contributed by atoms with van der Waals surface area (Å²) >= 11 is -2.14. The number of rotatable bonds is 4. The molecule has 20 heavy (non-hydrogen) atoms. The predicted octanol–water partition coefficient (Wildman–Crippen LogP) is 2.21. The Balaban J connectivity index is 2.21. The first-order chi connectivity index (χ1) is 9.61. The van der Waals surface area contributed by atoms with Crippen LogP contribution in [0.1, 0.15) is 10.4 Å². The van der Waals surface area contributed by atoms with Crippen molar-refractivity contribution in [2.75, 3.05) is 12.4 Å². The number of hydrogen-bond acceptors (Lipinski definition) is 3. The average molecular weight is 336 g/mol. The van der Waals surface area contributed by atoms with Gasteiger partial charge in [0, 0.05) is 0 Å². The number of benzene rings is 2. The first-order valence-corrected chi connectivity index (χ1v) is 9.26. The molecule has 0 spiro atoms. The van der Waals surface area contributed by atoms with Crippen molar-refractivity contribution >= 4 is 29.9 Å². The Kier molecular flexibility index (Phi) is 4.66. The van der Waals surface area contributed by atoms with E-state index in [0.29, 0.717) is 15.7 Å². The molecule has 5 heteroatoms. The van der Waals surface area contributed by atoms with E-state index in [1.54, 1.807) is 61.5 Å². The minimum atomic E-state index is -2.14. The summed E-state index contributed by atoms with van der Waals surface area (Å²) in [6.07, 6.45) is 0. The van der Waals surface area contributed by atoms with Gasteiger partial charge in [-0.2, -0.15) is 0 Å². The monoisotopic (exact) mass is 337 g/mol. The van der Waals surface area contributed by atoms with Crippen molar-refractivity contribution in [1.82, 2.24) is 0 Å². The number of nitrogens with one attached hydrogen (secondary N) is 1. The van der Waals surface area contributed by atoms with E-state index >= 15 is 0 Å². The average Bonchev–Trinajstić information content (AvgIpc) is 2.48. The van der Waals surface area contributed by atoms with Crippen molar-refractivity contribution in [2.24, 2.45) is 0 Å². The van der Waals surface area contributed by atoms with Crippen LogP contribution in [0.15, 0.2) is 48.5 Å². The van der Waals surface area contributed by atoms with Crippen LogP contribution in [-0.4, -0.2) is 26.8 Å². The van der Waals surface area contributed by atoms with E-state index in [9.17, 15) is 8.63 Å². The maximum absolute atomic E-state index is 12.2. The molecule has 2 rings (SSSR count). The fraction of sp³-hybridized carbons (Fsp3) is 0.133. The van der Waals surface area contributed by atoms with Crippen molar-refractivity contribution in [2.45, 2.75) is 5.82 Å². The molecule has 0 saturated heterocycles. The van der Waals surface area contributed by atoms with Crippen LogP contribution in [0.4, 0.5) is 5.69 Å². The first-order valence-electron chi connectivity index (χ1n) is 5.99. The standard InChI is InChI=1S/C15H15NO3Se/c1-19-12-9-7-11(8-10-12)16-15(17)13-5-3-4-6-14(13)20(2)18/h3-10H,1-2H3,(H,16,17). The minimum absolute atomic E-state index is 0.253. The van der Waals surface area contributed by atoms with E-state index in [1.807, 2.05) is 0 Å². The van der Waals surface area contributed by atoms with Crippen LogP contribution >= 0.6 is 0 Å². The molecule has 0 aliphatic carbocycles. The van der Waals surface area contributed by atoms with Crippen LogP contribution in [-0.2, 0) is 3.83 Å². The number of methoxy groups -OCH3 is 1. The van der Waals surface area contributed by atoms with Gasteiger partial charge in [0.05, 0.1) is 0 Å². The Morgan fingerprint density at radius 3 is 2.35 bits per heavy atom. The predicted molar refractivity (Wildman–Crippen MR) is 79.3 cm³/mol. The molecule has 1 atom stereocenters. The normalized spacial score (nSPS) is 11.7. The molecule has 4 nitrogen and oxygen atoms in total. The molecule has 0 aromatic heterocycles. The first kappa shape index (κ1) is 14.4. The second-order valence-electron chi connectivity index (χ2n) is 4.13. The van der Waals surface area contributed by atoms with Gasteiger partial charge >= 0.3 is 121 Å². The molecule has 0 fully saturated rings. The third-order valence-electron chi connectivity index (χ3n) is 2.79. The van der Waals surface area contributed by atoms with E-state index in [0.717, 1.165) is 5.75 Å². The van der Waals surface area contributed by atoms with Gasteiger partial charge in [0.1, 0.15) is 0 Å². The van der Waals surface area contributed by atoms with E-state index in [1.165, 1.54) is 0 Å². The van der Waals surface area contributed by atoms with Crippen molar-refractivity contribution < 1.29 is 13.4 Å². The number of ether oxygens (including phenoxy) is 1. The Hall–Kier alpha value is -1.97. The quantitative estimate of drug-likeness (QED) is 0.871. The second kappa shape index (κ2) is 6.46. The van der Waals surface area contributed by atoms with Crippen LogP contribution in [0.2, 0.25) is 5.82 Å². The fourth-order valence-corrected chi connectivity index (χ4v) is 3.33. The van der Waals surface area contributed by atoms with Gasteiger partial charge in [-0.05, 0) is 0 Å². The molecule has 0 bridgehead atoms. The number of amides is 1. The summed E-state index contributed by atoms with van der Waals surface area (Å²) in [6.45, 7) is 0. The Morgan fingerprint density at radius 2 is 1.75 bits per heavy atom. The molecule has 1 unspecified atom stereocenters. The molecule has 1 amide bonds. The maximum atomic E-state index is 12.2. The van der Waals surface area contributed by atoms with Crippen LogP contribution in [0.25, 0.3) is 0 Å². The van der Waals surface area contributed by atoms with Crippen LogP contribution in [0.3, 0.4) is 0 Å². The zero-order valence-corrected chi connectivity index (χ0v) is 13.0. The third-order valence-corrected chi connectivity index (χ3v) is 4.84. The topological polar surface area (TPSA) is 55.4 Å². The number of anilines is 1. The van der Waals surface area contributed by atoms with Crippen LogP contribution in [0, 0.1) is 0 Å². The van der Waals surface area contributed by atoms with E-state index < -0.39 is 13.8 Å². The molecule has 2 aromatic carbocycles. The Labute approximate surface area is 121 Å². The second-order valence-corrected chi connectivity index (χ2v) is 6.96. The van der Waals surface area contributed by atoms with Gasteiger partial charge in [0.2, 0.25) is 0 Å². The molecule has 1 N–H and O–H groups in total. The number of hydrogen-bond donors (Lipinski definition) is 1. The van der Waals surface area contributed by atoms with Gasteiger partial charge < -0.3 is 0 Å². The summed E-state index contributed by atoms with van der Waals surface area (Å²) in [5.41, 5.74) is 1.13. The third kappa shape index (κ3) is 3.32. The van der Waals surface area contributed by atoms with Gasteiger partial charge in [-0.3, -0.25) is 0 Å².